The van der Waals surface area contributed by atoms with Gasteiger partial charge in [0.25, 0.3) is 0 Å². The lowest BCUT2D eigenvalue weighted by molar-refractivity contribution is 0.304. The van der Waals surface area contributed by atoms with E-state index in [1.54, 1.807) is 0 Å². The highest BCUT2D eigenvalue weighted by Gasteiger charge is 2.15. The topological polar surface area (TPSA) is 35.2 Å². The number of rotatable bonds is 7. The van der Waals surface area contributed by atoms with Gasteiger partial charge in [-0.2, -0.15) is 0 Å². The van der Waals surface area contributed by atoms with Crippen LogP contribution in [-0.2, 0) is 13.3 Å². The first-order chi connectivity index (χ1) is 15.0. The third-order valence-corrected chi connectivity index (χ3v) is 5.50. The molecule has 0 aliphatic heterocycles. The summed E-state index contributed by atoms with van der Waals surface area (Å²) < 4.78 is 10.4. The zero-order valence-electron chi connectivity index (χ0n) is 17.4. The Balaban J connectivity index is 1.64. The van der Waals surface area contributed by atoms with Gasteiger partial charge in [0.15, 0.2) is 5.82 Å². The molecule has 0 fully saturated rings. The van der Waals surface area contributed by atoms with Gasteiger partial charge in [-0.15, -0.1) is 5.10 Å². The average molecular weight is 451 g/mol. The fourth-order valence-electron chi connectivity index (χ4n) is 3.24. The van der Waals surface area contributed by atoms with Crippen molar-refractivity contribution < 1.29 is 4.74 Å². The Kier molecular flexibility index (Phi) is 6.51. The van der Waals surface area contributed by atoms with E-state index >= 15 is 0 Å². The number of hydrogen-bond donors (Lipinski definition) is 0. The lowest BCUT2D eigenvalue weighted by Crippen LogP contribution is -2.18. The maximum Gasteiger partial charge on any atom is 0.204 e. The van der Waals surface area contributed by atoms with Crippen LogP contribution in [0.1, 0.15) is 5.56 Å². The van der Waals surface area contributed by atoms with Crippen LogP contribution in [0.4, 0.5) is 0 Å². The summed E-state index contributed by atoms with van der Waals surface area (Å²) in [5, 5.41) is 5.51. The maximum atomic E-state index is 6.22. The van der Waals surface area contributed by atoms with Crippen molar-refractivity contribution in [3.63, 3.8) is 0 Å². The van der Waals surface area contributed by atoms with Crippen LogP contribution in [0.2, 0.25) is 5.02 Å². The van der Waals surface area contributed by atoms with E-state index in [4.69, 9.17) is 33.7 Å². The number of benzene rings is 3. The molecule has 4 aromatic rings. The van der Waals surface area contributed by atoms with Gasteiger partial charge in [0.05, 0.1) is 6.67 Å². The van der Waals surface area contributed by atoms with Gasteiger partial charge in [0, 0.05) is 21.8 Å². The molecule has 1 heterocycles. The predicted octanol–water partition coefficient (Wildman–Crippen LogP) is 5.82. The molecule has 0 amide bonds. The number of ether oxygens (including phenoxy) is 1. The van der Waals surface area contributed by atoms with Crippen LogP contribution in [-0.4, -0.2) is 33.3 Å². The number of nitrogens with zero attached hydrogens (tertiary/aromatic N) is 4. The minimum atomic E-state index is 0.413. The second-order valence-electron chi connectivity index (χ2n) is 7.40. The molecule has 0 saturated heterocycles. The first-order valence-corrected chi connectivity index (χ1v) is 10.7. The molecule has 0 saturated carbocycles. The first-order valence-electron chi connectivity index (χ1n) is 9.89. The third-order valence-electron chi connectivity index (χ3n) is 4.74. The lowest BCUT2D eigenvalue weighted by atomic mass is 10.2. The van der Waals surface area contributed by atoms with Gasteiger partial charge in [-0.25, -0.2) is 4.68 Å². The summed E-state index contributed by atoms with van der Waals surface area (Å²) in [6, 6.07) is 25.6. The fraction of sp³-hybridized carbons (Fsp3) is 0.167. The van der Waals surface area contributed by atoms with Gasteiger partial charge in [-0.1, -0.05) is 48.0 Å². The largest absolute Gasteiger partial charge is 0.489 e. The zero-order valence-corrected chi connectivity index (χ0v) is 19.0. The molecule has 0 spiro atoms. The molecule has 0 bridgehead atoms. The van der Waals surface area contributed by atoms with E-state index in [1.807, 2.05) is 107 Å². The highest BCUT2D eigenvalue weighted by molar-refractivity contribution is 7.71. The van der Waals surface area contributed by atoms with Crippen LogP contribution >= 0.6 is 23.8 Å². The molecule has 5 nitrogen and oxygen atoms in total. The van der Waals surface area contributed by atoms with Crippen LogP contribution in [0.15, 0.2) is 78.9 Å². The fourth-order valence-corrected chi connectivity index (χ4v) is 3.72. The van der Waals surface area contributed by atoms with Crippen LogP contribution < -0.4 is 4.74 Å². The molecule has 0 N–H and O–H groups in total. The van der Waals surface area contributed by atoms with Crippen molar-refractivity contribution in [1.29, 1.82) is 0 Å². The van der Waals surface area contributed by atoms with E-state index in [0.717, 1.165) is 28.4 Å². The van der Waals surface area contributed by atoms with Crippen molar-refractivity contribution >= 4 is 23.8 Å². The molecule has 3 aromatic carbocycles. The molecule has 31 heavy (non-hydrogen) atoms. The van der Waals surface area contributed by atoms with E-state index in [9.17, 15) is 0 Å². The predicted molar refractivity (Wildman–Crippen MR) is 127 cm³/mol. The van der Waals surface area contributed by atoms with Gasteiger partial charge in [-0.05, 0) is 68.8 Å². The summed E-state index contributed by atoms with van der Waals surface area (Å²) in [5.41, 5.74) is 2.89. The Morgan fingerprint density at radius 2 is 1.61 bits per heavy atom. The average Bonchev–Trinajstić information content (AvgIpc) is 3.09. The first kappa shape index (κ1) is 21.3. The van der Waals surface area contributed by atoms with Crippen molar-refractivity contribution in [3.05, 3.63) is 94.2 Å². The van der Waals surface area contributed by atoms with Gasteiger partial charge < -0.3 is 4.74 Å². The molecule has 0 aliphatic rings. The van der Waals surface area contributed by atoms with Crippen LogP contribution in [0.25, 0.3) is 17.1 Å². The molecule has 0 unspecified atom stereocenters. The molecule has 0 radical (unpaired) electrons. The highest BCUT2D eigenvalue weighted by atomic mass is 35.5. The number of hydrogen-bond acceptors (Lipinski definition) is 4. The van der Waals surface area contributed by atoms with Crippen molar-refractivity contribution in [3.8, 4) is 22.8 Å². The van der Waals surface area contributed by atoms with Crippen LogP contribution in [0, 0.1) is 4.77 Å². The third kappa shape index (κ3) is 4.88. The van der Waals surface area contributed by atoms with E-state index in [2.05, 4.69) is 0 Å². The Labute approximate surface area is 192 Å². The quantitative estimate of drug-likeness (QED) is 0.332. The van der Waals surface area contributed by atoms with Gasteiger partial charge in [-0.3, -0.25) is 9.47 Å². The van der Waals surface area contributed by atoms with Crippen molar-refractivity contribution in [2.75, 3.05) is 14.1 Å². The van der Waals surface area contributed by atoms with Crippen LogP contribution in [0.5, 0.6) is 5.75 Å². The standard InChI is InChI=1S/C24H23ClN4OS/c1-27(2)17-28-24(31)29(20-9-4-3-5-10-20)23(26-28)18-12-14-21(15-13-18)30-16-19-8-6-7-11-22(19)25/h3-15H,16-17H2,1-2H3. The minimum absolute atomic E-state index is 0.413. The molecule has 0 aliphatic carbocycles. The number of halogens is 1. The Hall–Kier alpha value is -2.93. The molecule has 0 atom stereocenters. The second kappa shape index (κ2) is 9.47. The highest BCUT2D eigenvalue weighted by Crippen LogP contribution is 2.26. The lowest BCUT2D eigenvalue weighted by Gasteiger charge is -2.09. The minimum Gasteiger partial charge on any atom is -0.489 e. The summed E-state index contributed by atoms with van der Waals surface area (Å²) in [5.74, 6) is 1.55. The van der Waals surface area contributed by atoms with E-state index < -0.39 is 0 Å². The molecular weight excluding hydrogens is 428 g/mol. The summed E-state index contributed by atoms with van der Waals surface area (Å²) in [6.45, 7) is 1.02. The Morgan fingerprint density at radius 1 is 0.935 bits per heavy atom. The molecular formula is C24H23ClN4OS. The molecule has 158 valence electrons. The Bertz CT molecular complexity index is 1220. The molecule has 1 aromatic heterocycles. The van der Waals surface area contributed by atoms with E-state index in [-0.39, 0.29) is 0 Å². The van der Waals surface area contributed by atoms with Crippen molar-refractivity contribution in [2.45, 2.75) is 13.3 Å². The molecule has 4 rings (SSSR count). The van der Waals surface area contributed by atoms with Gasteiger partial charge >= 0.3 is 0 Å². The summed E-state index contributed by atoms with van der Waals surface area (Å²) >= 11 is 12.0. The maximum absolute atomic E-state index is 6.22. The summed E-state index contributed by atoms with van der Waals surface area (Å²) in [7, 11) is 3.99. The van der Waals surface area contributed by atoms with Gasteiger partial charge in [0.1, 0.15) is 12.4 Å². The summed E-state index contributed by atoms with van der Waals surface area (Å²) in [4.78, 5) is 2.04. The van der Waals surface area contributed by atoms with Crippen LogP contribution in [0.3, 0.4) is 0 Å². The monoisotopic (exact) mass is 450 g/mol. The van der Waals surface area contributed by atoms with E-state index in [0.29, 0.717) is 23.1 Å². The van der Waals surface area contributed by atoms with Crippen molar-refractivity contribution in [2.24, 2.45) is 0 Å². The molecule has 7 heteroatoms. The summed E-state index contributed by atoms with van der Waals surface area (Å²) in [6.07, 6.45) is 0. The Morgan fingerprint density at radius 3 is 2.29 bits per heavy atom. The smallest absolute Gasteiger partial charge is 0.204 e. The number of para-hydroxylation sites is 1. The second-order valence-corrected chi connectivity index (χ2v) is 8.17. The van der Waals surface area contributed by atoms with Crippen molar-refractivity contribution in [1.82, 2.24) is 19.2 Å². The zero-order chi connectivity index (χ0) is 21.8. The number of aromatic nitrogens is 3. The normalized spacial score (nSPS) is 11.1. The van der Waals surface area contributed by atoms with E-state index in [1.165, 1.54) is 0 Å². The van der Waals surface area contributed by atoms with Gasteiger partial charge in [0.2, 0.25) is 4.77 Å². The SMILES string of the molecule is CN(C)Cn1nc(-c2ccc(OCc3ccccc3Cl)cc2)n(-c2ccccc2)c1=S.